The van der Waals surface area contributed by atoms with Crippen molar-refractivity contribution in [3.63, 3.8) is 0 Å². The van der Waals surface area contributed by atoms with Crippen LogP contribution in [0.5, 0.6) is 0 Å². The molecule has 1 aromatic heterocycles. The Kier molecular flexibility index (Phi) is 3.66. The van der Waals surface area contributed by atoms with Crippen LogP contribution in [0.25, 0.3) is 0 Å². The third-order valence-electron chi connectivity index (χ3n) is 2.40. The van der Waals surface area contributed by atoms with Crippen molar-refractivity contribution < 1.29 is 0 Å². The Bertz CT molecular complexity index is 422. The van der Waals surface area contributed by atoms with Crippen molar-refractivity contribution in [2.24, 2.45) is 0 Å². The minimum atomic E-state index is 0.767. The fraction of sp³-hybridized carbons (Fsp3) is 0.333. The molecule has 0 spiro atoms. The summed E-state index contributed by atoms with van der Waals surface area (Å²) in [5.41, 5.74) is 1.24. The van der Waals surface area contributed by atoms with E-state index in [1.165, 1.54) is 5.56 Å². The fourth-order valence-corrected chi connectivity index (χ4v) is 1.55. The number of benzene rings is 1. The average molecular weight is 216 g/mol. The van der Waals surface area contributed by atoms with Crippen LogP contribution in [0.2, 0.25) is 0 Å². The largest absolute Gasteiger partial charge is 0.310 e. The molecule has 2 aromatic rings. The first-order chi connectivity index (χ1) is 7.90. The van der Waals surface area contributed by atoms with Crippen LogP contribution in [-0.2, 0) is 13.1 Å². The van der Waals surface area contributed by atoms with Crippen molar-refractivity contribution >= 4 is 0 Å². The van der Waals surface area contributed by atoms with Gasteiger partial charge in [-0.25, -0.2) is 9.67 Å². The van der Waals surface area contributed by atoms with E-state index in [1.807, 2.05) is 22.9 Å². The molecule has 0 aliphatic carbocycles. The van der Waals surface area contributed by atoms with Gasteiger partial charge in [-0.3, -0.25) is 0 Å². The van der Waals surface area contributed by atoms with Crippen molar-refractivity contribution in [3.8, 4) is 0 Å². The van der Waals surface area contributed by atoms with Crippen LogP contribution in [-0.4, -0.2) is 21.3 Å². The zero-order chi connectivity index (χ0) is 11.2. The normalized spacial score (nSPS) is 10.6. The Labute approximate surface area is 95.3 Å². The molecule has 0 aliphatic rings. The van der Waals surface area contributed by atoms with Gasteiger partial charge in [0, 0.05) is 0 Å². The predicted octanol–water partition coefficient (Wildman–Crippen LogP) is 1.44. The van der Waals surface area contributed by atoms with Gasteiger partial charge in [0.05, 0.1) is 13.1 Å². The average Bonchev–Trinajstić information content (AvgIpc) is 2.75. The lowest BCUT2D eigenvalue weighted by atomic mass is 10.2. The van der Waals surface area contributed by atoms with Gasteiger partial charge in [0.15, 0.2) is 0 Å². The molecule has 0 radical (unpaired) electrons. The number of hydrogen-bond acceptors (Lipinski definition) is 3. The van der Waals surface area contributed by atoms with E-state index in [2.05, 4.69) is 34.5 Å². The summed E-state index contributed by atoms with van der Waals surface area (Å²) in [7, 11) is 0. The van der Waals surface area contributed by atoms with Gasteiger partial charge in [-0.15, -0.1) is 0 Å². The zero-order valence-corrected chi connectivity index (χ0v) is 9.43. The molecule has 1 N–H and O–H groups in total. The van der Waals surface area contributed by atoms with Gasteiger partial charge in [0.25, 0.3) is 0 Å². The SMILES string of the molecule is CCNCc1ncnn1Cc1ccccc1. The lowest BCUT2D eigenvalue weighted by Crippen LogP contribution is -2.17. The summed E-state index contributed by atoms with van der Waals surface area (Å²) < 4.78 is 1.93. The van der Waals surface area contributed by atoms with E-state index in [0.717, 1.165) is 25.5 Å². The molecular weight excluding hydrogens is 200 g/mol. The van der Waals surface area contributed by atoms with Gasteiger partial charge < -0.3 is 5.32 Å². The summed E-state index contributed by atoms with van der Waals surface area (Å²) in [6.07, 6.45) is 1.61. The Morgan fingerprint density at radius 1 is 1.25 bits per heavy atom. The molecule has 0 fully saturated rings. The van der Waals surface area contributed by atoms with Crippen molar-refractivity contribution in [2.45, 2.75) is 20.0 Å². The highest BCUT2D eigenvalue weighted by Crippen LogP contribution is 2.03. The van der Waals surface area contributed by atoms with Crippen molar-refractivity contribution in [3.05, 3.63) is 48.0 Å². The molecule has 2 rings (SSSR count). The maximum Gasteiger partial charge on any atom is 0.141 e. The number of aromatic nitrogens is 3. The Balaban J connectivity index is 2.07. The van der Waals surface area contributed by atoms with E-state index in [1.54, 1.807) is 6.33 Å². The lowest BCUT2D eigenvalue weighted by molar-refractivity contribution is 0.596. The standard InChI is InChI=1S/C12H16N4/c1-2-13-8-12-14-10-15-16(12)9-11-6-4-3-5-7-11/h3-7,10,13H,2,8-9H2,1H3. The molecule has 0 aliphatic heterocycles. The van der Waals surface area contributed by atoms with Crippen molar-refractivity contribution in [2.75, 3.05) is 6.54 Å². The van der Waals surface area contributed by atoms with E-state index >= 15 is 0 Å². The number of rotatable bonds is 5. The Morgan fingerprint density at radius 3 is 2.81 bits per heavy atom. The van der Waals surface area contributed by atoms with Crippen LogP contribution in [0, 0.1) is 0 Å². The number of hydrogen-bond donors (Lipinski definition) is 1. The van der Waals surface area contributed by atoms with Crippen LogP contribution in [0.3, 0.4) is 0 Å². The molecule has 0 saturated heterocycles. The van der Waals surface area contributed by atoms with Gasteiger partial charge in [-0.2, -0.15) is 5.10 Å². The van der Waals surface area contributed by atoms with Gasteiger partial charge in [0.2, 0.25) is 0 Å². The Hall–Kier alpha value is -1.68. The van der Waals surface area contributed by atoms with Crippen LogP contribution in [0.1, 0.15) is 18.3 Å². The van der Waals surface area contributed by atoms with Crippen molar-refractivity contribution in [1.82, 2.24) is 20.1 Å². The number of nitrogens with one attached hydrogen (secondary N) is 1. The van der Waals surface area contributed by atoms with Crippen LogP contribution < -0.4 is 5.32 Å². The van der Waals surface area contributed by atoms with Gasteiger partial charge in [0.1, 0.15) is 12.2 Å². The van der Waals surface area contributed by atoms with Crippen molar-refractivity contribution in [1.29, 1.82) is 0 Å². The monoisotopic (exact) mass is 216 g/mol. The second-order valence-electron chi connectivity index (χ2n) is 3.60. The van der Waals surface area contributed by atoms with Gasteiger partial charge in [-0.05, 0) is 12.1 Å². The molecular formula is C12H16N4. The first kappa shape index (κ1) is 10.8. The fourth-order valence-electron chi connectivity index (χ4n) is 1.55. The van der Waals surface area contributed by atoms with Gasteiger partial charge in [-0.1, -0.05) is 37.3 Å². The smallest absolute Gasteiger partial charge is 0.141 e. The quantitative estimate of drug-likeness (QED) is 0.822. The maximum atomic E-state index is 4.24. The highest BCUT2D eigenvalue weighted by molar-refractivity contribution is 5.15. The van der Waals surface area contributed by atoms with E-state index in [0.29, 0.717) is 0 Å². The first-order valence-corrected chi connectivity index (χ1v) is 5.51. The molecule has 1 aromatic carbocycles. The zero-order valence-electron chi connectivity index (χ0n) is 9.43. The minimum Gasteiger partial charge on any atom is -0.310 e. The summed E-state index contributed by atoms with van der Waals surface area (Å²) >= 11 is 0. The van der Waals surface area contributed by atoms with E-state index in [9.17, 15) is 0 Å². The Morgan fingerprint density at radius 2 is 2.06 bits per heavy atom. The van der Waals surface area contributed by atoms with Crippen LogP contribution in [0.4, 0.5) is 0 Å². The molecule has 1 heterocycles. The predicted molar refractivity (Wildman–Crippen MR) is 62.9 cm³/mol. The summed E-state index contributed by atoms with van der Waals surface area (Å²) in [6, 6.07) is 10.3. The summed E-state index contributed by atoms with van der Waals surface area (Å²) in [4.78, 5) is 4.24. The second kappa shape index (κ2) is 5.42. The molecule has 84 valence electrons. The summed E-state index contributed by atoms with van der Waals surface area (Å²) in [5.74, 6) is 0.978. The molecule has 4 heteroatoms. The number of nitrogens with zero attached hydrogens (tertiary/aromatic N) is 3. The van der Waals surface area contributed by atoms with Crippen LogP contribution >= 0.6 is 0 Å². The molecule has 0 saturated carbocycles. The molecule has 0 amide bonds. The molecule has 0 atom stereocenters. The molecule has 0 unspecified atom stereocenters. The lowest BCUT2D eigenvalue weighted by Gasteiger charge is -2.06. The molecule has 0 bridgehead atoms. The third kappa shape index (κ3) is 2.67. The van der Waals surface area contributed by atoms with E-state index in [4.69, 9.17) is 0 Å². The van der Waals surface area contributed by atoms with E-state index < -0.39 is 0 Å². The minimum absolute atomic E-state index is 0.767. The maximum absolute atomic E-state index is 4.24. The van der Waals surface area contributed by atoms with Crippen LogP contribution in [0.15, 0.2) is 36.7 Å². The highest BCUT2D eigenvalue weighted by atomic mass is 15.3. The highest BCUT2D eigenvalue weighted by Gasteiger charge is 2.03. The molecule has 16 heavy (non-hydrogen) atoms. The van der Waals surface area contributed by atoms with E-state index in [-0.39, 0.29) is 0 Å². The second-order valence-corrected chi connectivity index (χ2v) is 3.60. The van der Waals surface area contributed by atoms with Gasteiger partial charge >= 0.3 is 0 Å². The first-order valence-electron chi connectivity index (χ1n) is 5.51. The topological polar surface area (TPSA) is 42.7 Å². The summed E-state index contributed by atoms with van der Waals surface area (Å²) in [5, 5.41) is 7.48. The molecule has 4 nitrogen and oxygen atoms in total. The summed E-state index contributed by atoms with van der Waals surface area (Å²) in [6.45, 7) is 4.57. The third-order valence-corrected chi connectivity index (χ3v) is 2.40.